The summed E-state index contributed by atoms with van der Waals surface area (Å²) < 4.78 is 60.9. The van der Waals surface area contributed by atoms with Crippen LogP contribution >= 0.6 is 0 Å². The number of nitrogens with one attached hydrogen (secondary N) is 3. The molecule has 46 heavy (non-hydrogen) atoms. The molecule has 0 unspecified atom stereocenters. The number of sulfonamides is 1. The lowest BCUT2D eigenvalue weighted by Crippen LogP contribution is -2.36. The second-order valence-corrected chi connectivity index (χ2v) is 14.2. The van der Waals surface area contributed by atoms with Gasteiger partial charge in [0.2, 0.25) is 10.0 Å². The molecular weight excluding hydrogens is 616 g/mol. The number of aromatic amines is 1. The number of aromatic nitrogens is 2. The molecule has 0 spiro atoms. The summed E-state index contributed by atoms with van der Waals surface area (Å²) in [5, 5.41) is 13.7. The van der Waals surface area contributed by atoms with E-state index in [2.05, 4.69) is 37.7 Å². The number of benzene rings is 2. The summed E-state index contributed by atoms with van der Waals surface area (Å²) in [4.78, 5) is 18.0. The number of carbonyl (C=O) groups is 1. The van der Waals surface area contributed by atoms with Crippen molar-refractivity contribution in [1.29, 1.82) is 0 Å². The van der Waals surface area contributed by atoms with Gasteiger partial charge in [-0.2, -0.15) is 9.40 Å². The zero-order chi connectivity index (χ0) is 32.3. The Morgan fingerprint density at radius 1 is 1.07 bits per heavy atom. The summed E-state index contributed by atoms with van der Waals surface area (Å²) >= 11 is 0. The van der Waals surface area contributed by atoms with E-state index in [0.29, 0.717) is 48.2 Å². The summed E-state index contributed by atoms with van der Waals surface area (Å²) in [5.74, 6) is -2.13. The average molecular weight is 658 g/mol. The van der Waals surface area contributed by atoms with Gasteiger partial charge in [0.15, 0.2) is 5.82 Å². The molecule has 0 atom stereocenters. The number of nitrogens with zero attached hydrogens (tertiary/aromatic N) is 4. The molecule has 3 aliphatic rings. The van der Waals surface area contributed by atoms with Crippen LogP contribution in [0.25, 0.3) is 0 Å². The van der Waals surface area contributed by atoms with Crippen molar-refractivity contribution in [3.63, 3.8) is 0 Å². The second kappa shape index (κ2) is 14.0. The Kier molecular flexibility index (Phi) is 9.87. The zero-order valence-corrected chi connectivity index (χ0v) is 26.8. The number of hydrogen-bond acceptors (Lipinski definition) is 8. The number of anilines is 3. The summed E-state index contributed by atoms with van der Waals surface area (Å²) in [5.41, 5.74) is 3.33. The van der Waals surface area contributed by atoms with Gasteiger partial charge in [0, 0.05) is 87.6 Å². The quantitative estimate of drug-likeness (QED) is 0.297. The van der Waals surface area contributed by atoms with Gasteiger partial charge < -0.3 is 25.2 Å². The van der Waals surface area contributed by atoms with Crippen LogP contribution in [0.1, 0.15) is 53.7 Å². The van der Waals surface area contributed by atoms with E-state index >= 15 is 0 Å². The van der Waals surface area contributed by atoms with Crippen LogP contribution in [0.4, 0.5) is 26.0 Å². The van der Waals surface area contributed by atoms with Crippen molar-refractivity contribution in [2.75, 3.05) is 68.5 Å². The first-order valence-corrected chi connectivity index (χ1v) is 17.4. The molecule has 1 aromatic heterocycles. The maximum atomic E-state index is 13.8. The minimum absolute atomic E-state index is 0.0922. The Morgan fingerprint density at radius 2 is 1.80 bits per heavy atom. The predicted molar refractivity (Wildman–Crippen MR) is 172 cm³/mol. The summed E-state index contributed by atoms with van der Waals surface area (Å²) in [6.45, 7) is 5.38. The molecule has 0 radical (unpaired) electrons. The van der Waals surface area contributed by atoms with Crippen LogP contribution in [-0.4, -0.2) is 92.8 Å². The smallest absolute Gasteiger partial charge is 0.258 e. The SMILES string of the molecule is CN(CCN1CCCCC1)c1ccc(C(=O)Nc2n[nH]c3c2CN(S(=O)(=O)c2cc(F)cc(F)c2)CC3)c(NC2CCOCC2)c1. The molecule has 3 aromatic rings. The summed E-state index contributed by atoms with van der Waals surface area (Å²) in [6.07, 6.45) is 5.72. The number of rotatable bonds is 10. The number of likely N-dealkylation sites (tertiary alicyclic amines) is 1. The Labute approximate surface area is 268 Å². The first-order valence-electron chi connectivity index (χ1n) is 15.9. The van der Waals surface area contributed by atoms with E-state index in [0.717, 1.165) is 61.1 Å². The van der Waals surface area contributed by atoms with Gasteiger partial charge in [0.05, 0.1) is 10.5 Å². The van der Waals surface area contributed by atoms with Crippen LogP contribution in [0.2, 0.25) is 0 Å². The first-order chi connectivity index (χ1) is 22.2. The van der Waals surface area contributed by atoms with Crippen LogP contribution in [0, 0.1) is 11.6 Å². The van der Waals surface area contributed by atoms with E-state index in [-0.39, 0.29) is 24.9 Å². The molecular formula is C32H41F2N7O4S. The molecule has 3 N–H and O–H groups in total. The largest absolute Gasteiger partial charge is 0.381 e. The molecule has 14 heteroatoms. The van der Waals surface area contributed by atoms with Crippen molar-refractivity contribution in [2.45, 2.75) is 56.0 Å². The highest BCUT2D eigenvalue weighted by Gasteiger charge is 2.32. The number of halogens is 2. The van der Waals surface area contributed by atoms with E-state index in [1.807, 2.05) is 12.1 Å². The van der Waals surface area contributed by atoms with E-state index in [1.165, 1.54) is 19.3 Å². The van der Waals surface area contributed by atoms with Gasteiger partial charge in [0.25, 0.3) is 5.91 Å². The first kappa shape index (κ1) is 32.4. The molecule has 4 heterocycles. The lowest BCUT2D eigenvalue weighted by atomic mass is 10.1. The Hall–Kier alpha value is -3.59. The van der Waals surface area contributed by atoms with Crippen LogP contribution in [0.15, 0.2) is 41.3 Å². The number of ether oxygens (including phenoxy) is 1. The fourth-order valence-corrected chi connectivity index (χ4v) is 7.78. The molecule has 2 fully saturated rings. The van der Waals surface area contributed by atoms with Crippen molar-refractivity contribution in [3.05, 3.63) is 64.9 Å². The Balaban J connectivity index is 1.20. The highest BCUT2D eigenvalue weighted by atomic mass is 32.2. The van der Waals surface area contributed by atoms with Crippen LogP contribution in [0.5, 0.6) is 0 Å². The number of H-pyrrole nitrogens is 1. The third kappa shape index (κ3) is 7.35. The summed E-state index contributed by atoms with van der Waals surface area (Å²) in [7, 11) is -2.14. The molecule has 0 aliphatic carbocycles. The van der Waals surface area contributed by atoms with Crippen LogP contribution in [-0.2, 0) is 27.7 Å². The zero-order valence-electron chi connectivity index (χ0n) is 26.0. The summed E-state index contributed by atoms with van der Waals surface area (Å²) in [6, 6.07) is 8.13. The molecule has 1 amide bonds. The van der Waals surface area contributed by atoms with Crippen molar-refractivity contribution in [1.82, 2.24) is 19.4 Å². The van der Waals surface area contributed by atoms with Gasteiger partial charge in [-0.05, 0) is 69.1 Å². The predicted octanol–water partition coefficient (Wildman–Crippen LogP) is 4.20. The number of fused-ring (bicyclic) bond motifs is 1. The number of amides is 1. The van der Waals surface area contributed by atoms with Gasteiger partial charge in [-0.1, -0.05) is 6.42 Å². The molecule has 6 rings (SSSR count). The average Bonchev–Trinajstić information content (AvgIpc) is 3.45. The number of likely N-dealkylation sites (N-methyl/N-ethyl adjacent to an activating group) is 1. The molecule has 0 bridgehead atoms. The monoisotopic (exact) mass is 657 g/mol. The van der Waals surface area contributed by atoms with Gasteiger partial charge in [0.1, 0.15) is 11.6 Å². The van der Waals surface area contributed by atoms with Crippen LogP contribution in [0.3, 0.4) is 0 Å². The van der Waals surface area contributed by atoms with E-state index < -0.39 is 32.5 Å². The lowest BCUT2D eigenvalue weighted by molar-refractivity contribution is 0.0904. The Morgan fingerprint density at radius 3 is 2.54 bits per heavy atom. The fraction of sp³-hybridized carbons (Fsp3) is 0.500. The minimum atomic E-state index is -4.20. The van der Waals surface area contributed by atoms with Gasteiger partial charge in [-0.3, -0.25) is 9.89 Å². The topological polar surface area (TPSA) is 123 Å². The molecule has 2 aromatic carbocycles. The maximum Gasteiger partial charge on any atom is 0.258 e. The molecule has 248 valence electrons. The van der Waals surface area contributed by atoms with E-state index in [9.17, 15) is 22.0 Å². The maximum absolute atomic E-state index is 13.8. The van der Waals surface area contributed by atoms with Gasteiger partial charge >= 0.3 is 0 Å². The van der Waals surface area contributed by atoms with Crippen molar-refractivity contribution >= 4 is 33.1 Å². The minimum Gasteiger partial charge on any atom is -0.381 e. The highest BCUT2D eigenvalue weighted by Crippen LogP contribution is 2.31. The van der Waals surface area contributed by atoms with Gasteiger partial charge in [-0.15, -0.1) is 0 Å². The lowest BCUT2D eigenvalue weighted by Gasteiger charge is -2.30. The number of hydrogen-bond donors (Lipinski definition) is 3. The molecule has 0 saturated carbocycles. The van der Waals surface area contributed by atoms with E-state index in [1.54, 1.807) is 6.07 Å². The van der Waals surface area contributed by atoms with Crippen LogP contribution < -0.4 is 15.5 Å². The standard InChI is InChI=1S/C32H41F2N7O4S/c1-39(13-14-40-10-3-2-4-11-40)25-5-6-27(30(20-25)35-24-8-15-45-16-9-24)32(42)36-31-28-21-41(12-7-29(28)37-38-31)46(43,44)26-18-22(33)17-23(34)19-26/h5-6,17-20,24,35H,2-4,7-16,21H2,1H3,(H2,36,37,38,42). The molecule has 11 nitrogen and oxygen atoms in total. The molecule has 2 saturated heterocycles. The second-order valence-electron chi connectivity index (χ2n) is 12.3. The third-order valence-electron chi connectivity index (χ3n) is 9.07. The van der Waals surface area contributed by atoms with Crippen molar-refractivity contribution in [3.8, 4) is 0 Å². The Bertz CT molecular complexity index is 1640. The van der Waals surface area contributed by atoms with Crippen molar-refractivity contribution in [2.24, 2.45) is 0 Å². The van der Waals surface area contributed by atoms with Gasteiger partial charge in [-0.25, -0.2) is 17.2 Å². The fourth-order valence-electron chi connectivity index (χ4n) is 6.33. The third-order valence-corrected chi connectivity index (χ3v) is 10.9. The number of piperidine rings is 1. The highest BCUT2D eigenvalue weighted by molar-refractivity contribution is 7.89. The molecule has 3 aliphatic heterocycles. The van der Waals surface area contributed by atoms with Crippen molar-refractivity contribution < 1.29 is 26.7 Å². The van der Waals surface area contributed by atoms with E-state index in [4.69, 9.17) is 4.74 Å². The number of carbonyl (C=O) groups excluding carboxylic acids is 1. The normalized spacial score (nSPS) is 18.2.